The van der Waals surface area contributed by atoms with Crippen molar-refractivity contribution in [3.63, 3.8) is 0 Å². The third-order valence-electron chi connectivity index (χ3n) is 3.08. The summed E-state index contributed by atoms with van der Waals surface area (Å²) >= 11 is 0. The Bertz CT molecular complexity index is 389. The van der Waals surface area contributed by atoms with E-state index in [2.05, 4.69) is 12.1 Å². The van der Waals surface area contributed by atoms with Crippen LogP contribution in [0.5, 0.6) is 0 Å². The minimum absolute atomic E-state index is 0.112. The molecule has 0 aliphatic carbocycles. The van der Waals surface area contributed by atoms with Gasteiger partial charge in [-0.05, 0) is 31.4 Å². The molecule has 1 aliphatic heterocycles. The van der Waals surface area contributed by atoms with Crippen molar-refractivity contribution in [2.75, 3.05) is 18.6 Å². The number of carbonyl (C=O) groups is 1. The summed E-state index contributed by atoms with van der Waals surface area (Å²) in [6.07, 6.45) is 1.79. The maximum atomic E-state index is 11.8. The summed E-state index contributed by atoms with van der Waals surface area (Å²) in [6, 6.07) is 8.09. The molecule has 0 radical (unpaired) electrons. The van der Waals surface area contributed by atoms with Crippen molar-refractivity contribution >= 4 is 11.7 Å². The summed E-state index contributed by atoms with van der Waals surface area (Å²) in [5.41, 5.74) is 2.46. The number of rotatable bonds is 2. The largest absolute Gasteiger partial charge is 0.464 e. The van der Waals surface area contributed by atoms with Gasteiger partial charge in [-0.2, -0.15) is 0 Å². The molecule has 3 heteroatoms. The van der Waals surface area contributed by atoms with E-state index < -0.39 is 0 Å². The Morgan fingerprint density at radius 1 is 1.50 bits per heavy atom. The van der Waals surface area contributed by atoms with Gasteiger partial charge in [0.05, 0.1) is 6.61 Å². The smallest absolute Gasteiger partial charge is 0.328 e. The van der Waals surface area contributed by atoms with Crippen LogP contribution in [-0.4, -0.2) is 25.7 Å². The van der Waals surface area contributed by atoms with Crippen LogP contribution >= 0.6 is 0 Å². The summed E-state index contributed by atoms with van der Waals surface area (Å²) in [5.74, 6) is -0.112. The minimum atomic E-state index is -0.130. The average molecular weight is 219 g/mol. The van der Waals surface area contributed by atoms with Gasteiger partial charge in [-0.3, -0.25) is 0 Å². The van der Waals surface area contributed by atoms with Gasteiger partial charge >= 0.3 is 5.97 Å². The van der Waals surface area contributed by atoms with Crippen LogP contribution in [0.25, 0.3) is 0 Å². The molecular weight excluding hydrogens is 202 g/mol. The summed E-state index contributed by atoms with van der Waals surface area (Å²) in [6.45, 7) is 2.29. The second-order valence-electron chi connectivity index (χ2n) is 4.05. The molecule has 1 aromatic rings. The maximum absolute atomic E-state index is 11.8. The first-order chi connectivity index (χ1) is 7.74. The van der Waals surface area contributed by atoms with Gasteiger partial charge in [0.1, 0.15) is 6.04 Å². The molecule has 0 spiro atoms. The van der Waals surface area contributed by atoms with Crippen LogP contribution in [0, 0.1) is 0 Å². The molecule has 0 bridgehead atoms. The number of likely N-dealkylation sites (N-methyl/N-ethyl adjacent to an activating group) is 1. The fourth-order valence-corrected chi connectivity index (χ4v) is 2.23. The zero-order chi connectivity index (χ0) is 11.5. The van der Waals surface area contributed by atoms with Gasteiger partial charge in [0.25, 0.3) is 0 Å². The third kappa shape index (κ3) is 1.90. The van der Waals surface area contributed by atoms with Crippen molar-refractivity contribution in [2.24, 2.45) is 0 Å². The molecule has 0 N–H and O–H groups in total. The molecular formula is C13H17NO2. The lowest BCUT2D eigenvalue weighted by atomic mass is 9.96. The Hall–Kier alpha value is -1.51. The highest BCUT2D eigenvalue weighted by Gasteiger charge is 2.29. The summed E-state index contributed by atoms with van der Waals surface area (Å²) < 4.78 is 5.09. The van der Waals surface area contributed by atoms with Gasteiger partial charge in [-0.25, -0.2) is 4.79 Å². The van der Waals surface area contributed by atoms with E-state index >= 15 is 0 Å². The van der Waals surface area contributed by atoms with Gasteiger partial charge in [0.15, 0.2) is 0 Å². The van der Waals surface area contributed by atoms with Crippen LogP contribution in [-0.2, 0) is 16.0 Å². The molecule has 2 rings (SSSR count). The van der Waals surface area contributed by atoms with E-state index in [1.165, 1.54) is 5.56 Å². The highest BCUT2D eigenvalue weighted by molar-refractivity contribution is 5.81. The summed E-state index contributed by atoms with van der Waals surface area (Å²) in [7, 11) is 1.96. The summed E-state index contributed by atoms with van der Waals surface area (Å²) in [4.78, 5) is 13.8. The Balaban J connectivity index is 2.21. The van der Waals surface area contributed by atoms with Crippen LogP contribution < -0.4 is 4.90 Å². The van der Waals surface area contributed by atoms with Crippen molar-refractivity contribution in [1.29, 1.82) is 0 Å². The fraction of sp³-hybridized carbons (Fsp3) is 0.462. The number of anilines is 1. The Morgan fingerprint density at radius 3 is 3.00 bits per heavy atom. The van der Waals surface area contributed by atoms with E-state index in [-0.39, 0.29) is 12.0 Å². The number of benzene rings is 1. The topological polar surface area (TPSA) is 29.5 Å². The zero-order valence-corrected chi connectivity index (χ0v) is 9.77. The molecule has 0 fully saturated rings. The first-order valence-electron chi connectivity index (χ1n) is 5.71. The first kappa shape index (κ1) is 11.0. The SMILES string of the molecule is CCOC(=O)[C@@H]1CCc2ccccc2N1C. The molecule has 0 saturated heterocycles. The van der Waals surface area contributed by atoms with Crippen molar-refractivity contribution in [3.8, 4) is 0 Å². The monoisotopic (exact) mass is 219 g/mol. The Labute approximate surface area is 96.0 Å². The van der Waals surface area contributed by atoms with Gasteiger partial charge < -0.3 is 9.64 Å². The second kappa shape index (κ2) is 4.56. The van der Waals surface area contributed by atoms with Crippen LogP contribution in [0.2, 0.25) is 0 Å². The lowest BCUT2D eigenvalue weighted by Gasteiger charge is -2.34. The predicted molar refractivity (Wildman–Crippen MR) is 63.6 cm³/mol. The van der Waals surface area contributed by atoms with E-state index in [0.717, 1.165) is 18.5 Å². The van der Waals surface area contributed by atoms with Crippen LogP contribution in [0.4, 0.5) is 5.69 Å². The fourth-order valence-electron chi connectivity index (χ4n) is 2.23. The number of esters is 1. The van der Waals surface area contributed by atoms with Crippen LogP contribution in [0.3, 0.4) is 0 Å². The van der Waals surface area contributed by atoms with Gasteiger partial charge in [-0.1, -0.05) is 18.2 Å². The van der Waals surface area contributed by atoms with Crippen molar-refractivity contribution in [3.05, 3.63) is 29.8 Å². The Morgan fingerprint density at radius 2 is 2.25 bits per heavy atom. The number of fused-ring (bicyclic) bond motifs is 1. The predicted octanol–water partition coefficient (Wildman–Crippen LogP) is 2.00. The molecule has 1 aliphatic rings. The molecule has 3 nitrogen and oxygen atoms in total. The lowest BCUT2D eigenvalue weighted by molar-refractivity contribution is -0.144. The summed E-state index contributed by atoms with van der Waals surface area (Å²) in [5, 5.41) is 0. The lowest BCUT2D eigenvalue weighted by Crippen LogP contribution is -2.43. The highest BCUT2D eigenvalue weighted by atomic mass is 16.5. The average Bonchev–Trinajstić information content (AvgIpc) is 2.30. The number of carbonyl (C=O) groups excluding carboxylic acids is 1. The molecule has 0 amide bonds. The molecule has 16 heavy (non-hydrogen) atoms. The third-order valence-corrected chi connectivity index (χ3v) is 3.08. The number of ether oxygens (including phenoxy) is 1. The van der Waals surface area contributed by atoms with Gasteiger partial charge in [0, 0.05) is 12.7 Å². The molecule has 1 aromatic carbocycles. The maximum Gasteiger partial charge on any atom is 0.328 e. The Kier molecular flexibility index (Phi) is 3.13. The van der Waals surface area contributed by atoms with E-state index in [4.69, 9.17) is 4.74 Å². The van der Waals surface area contributed by atoms with Gasteiger partial charge in [0.2, 0.25) is 0 Å². The molecule has 0 unspecified atom stereocenters. The second-order valence-corrected chi connectivity index (χ2v) is 4.05. The normalized spacial score (nSPS) is 19.1. The quantitative estimate of drug-likeness (QED) is 0.712. The molecule has 0 saturated carbocycles. The molecule has 86 valence electrons. The number of nitrogens with zero attached hydrogens (tertiary/aromatic N) is 1. The van der Waals surface area contributed by atoms with E-state index in [1.807, 2.05) is 31.0 Å². The van der Waals surface area contributed by atoms with Crippen molar-refractivity contribution in [1.82, 2.24) is 0 Å². The van der Waals surface area contributed by atoms with Crippen molar-refractivity contribution < 1.29 is 9.53 Å². The van der Waals surface area contributed by atoms with E-state index in [1.54, 1.807) is 0 Å². The standard InChI is InChI=1S/C13H17NO2/c1-3-16-13(15)12-9-8-10-6-4-5-7-11(10)14(12)2/h4-7,12H,3,8-9H2,1-2H3/t12-/m0/s1. The first-order valence-corrected chi connectivity index (χ1v) is 5.71. The number of aryl methyl sites for hydroxylation is 1. The minimum Gasteiger partial charge on any atom is -0.464 e. The number of hydrogen-bond donors (Lipinski definition) is 0. The number of hydrogen-bond acceptors (Lipinski definition) is 3. The van der Waals surface area contributed by atoms with Crippen molar-refractivity contribution in [2.45, 2.75) is 25.8 Å². The molecule has 1 heterocycles. The molecule has 0 aromatic heterocycles. The van der Waals surface area contributed by atoms with E-state index in [0.29, 0.717) is 6.61 Å². The zero-order valence-electron chi connectivity index (χ0n) is 9.77. The highest BCUT2D eigenvalue weighted by Crippen LogP contribution is 2.29. The van der Waals surface area contributed by atoms with E-state index in [9.17, 15) is 4.79 Å². The van der Waals surface area contributed by atoms with Crippen LogP contribution in [0.1, 0.15) is 18.9 Å². The molecule has 1 atom stereocenters. The van der Waals surface area contributed by atoms with Crippen LogP contribution in [0.15, 0.2) is 24.3 Å². The number of para-hydroxylation sites is 1. The van der Waals surface area contributed by atoms with Gasteiger partial charge in [-0.15, -0.1) is 0 Å².